The van der Waals surface area contributed by atoms with Gasteiger partial charge in [-0.3, -0.25) is 14.4 Å². The highest BCUT2D eigenvalue weighted by Gasteiger charge is 2.58. The lowest BCUT2D eigenvalue weighted by Gasteiger charge is -2.41. The minimum absolute atomic E-state index is 0.180. The second-order valence-corrected chi connectivity index (χ2v) is 6.49. The van der Waals surface area contributed by atoms with E-state index in [2.05, 4.69) is 4.98 Å². The smallest absolute Gasteiger partial charge is 0.318 e. The van der Waals surface area contributed by atoms with Gasteiger partial charge in [-0.1, -0.05) is 17.7 Å². The van der Waals surface area contributed by atoms with E-state index in [0.29, 0.717) is 16.8 Å². The molecule has 2 rings (SSSR count). The summed E-state index contributed by atoms with van der Waals surface area (Å²) in [5.74, 6) is -4.08. The number of esters is 3. The number of aromatic nitrogens is 1. The Labute approximate surface area is 150 Å². The van der Waals surface area contributed by atoms with Crippen LogP contribution in [-0.2, 0) is 40.4 Å². The standard InChI is InChI=1S/C17H20ClNO6/c1-8-6-9-7-10(14(20)23-3)11(15(21)24-4)17(2,16(22)25-5)12(9)19-13(8)18/h6,10-11H,7H2,1-5H3/t10-,11+,17+/m1/s1. The first-order valence-electron chi connectivity index (χ1n) is 7.62. The summed E-state index contributed by atoms with van der Waals surface area (Å²) in [6.07, 6.45) is 0.180. The monoisotopic (exact) mass is 369 g/mol. The van der Waals surface area contributed by atoms with Crippen molar-refractivity contribution in [3.63, 3.8) is 0 Å². The van der Waals surface area contributed by atoms with Gasteiger partial charge in [-0.2, -0.15) is 0 Å². The van der Waals surface area contributed by atoms with Crippen LogP contribution in [0.1, 0.15) is 23.7 Å². The molecule has 0 spiro atoms. The van der Waals surface area contributed by atoms with Gasteiger partial charge in [-0.15, -0.1) is 0 Å². The molecule has 0 aliphatic heterocycles. The lowest BCUT2D eigenvalue weighted by molar-refractivity contribution is -0.168. The number of fused-ring (bicyclic) bond motifs is 1. The summed E-state index contributed by atoms with van der Waals surface area (Å²) in [6.45, 7) is 3.28. The van der Waals surface area contributed by atoms with E-state index in [4.69, 9.17) is 25.8 Å². The Hall–Kier alpha value is -2.15. The van der Waals surface area contributed by atoms with Gasteiger partial charge >= 0.3 is 17.9 Å². The molecule has 25 heavy (non-hydrogen) atoms. The zero-order chi connectivity index (χ0) is 18.9. The zero-order valence-corrected chi connectivity index (χ0v) is 15.5. The zero-order valence-electron chi connectivity index (χ0n) is 14.7. The number of carbonyl (C=O) groups excluding carboxylic acids is 3. The largest absolute Gasteiger partial charge is 0.469 e. The maximum Gasteiger partial charge on any atom is 0.318 e. The minimum Gasteiger partial charge on any atom is -0.469 e. The highest BCUT2D eigenvalue weighted by molar-refractivity contribution is 6.30. The minimum atomic E-state index is -1.54. The third kappa shape index (κ3) is 2.97. The van der Waals surface area contributed by atoms with Crippen LogP contribution < -0.4 is 0 Å². The van der Waals surface area contributed by atoms with Gasteiger partial charge in [0.05, 0.1) is 38.9 Å². The van der Waals surface area contributed by atoms with Crippen molar-refractivity contribution in [2.45, 2.75) is 25.7 Å². The molecule has 7 nitrogen and oxygen atoms in total. The molecule has 1 aromatic rings. The predicted molar refractivity (Wildman–Crippen MR) is 88.1 cm³/mol. The number of carbonyl (C=O) groups is 3. The summed E-state index contributed by atoms with van der Waals surface area (Å²) in [6, 6.07) is 1.76. The van der Waals surface area contributed by atoms with Gasteiger partial charge < -0.3 is 14.2 Å². The number of nitrogens with zero attached hydrogens (tertiary/aromatic N) is 1. The number of rotatable bonds is 3. The Kier molecular flexibility index (Phi) is 5.37. The summed E-state index contributed by atoms with van der Waals surface area (Å²) in [5.41, 5.74) is 0.120. The molecule has 1 aliphatic carbocycles. The van der Waals surface area contributed by atoms with Crippen LogP contribution in [-0.4, -0.2) is 44.2 Å². The maximum absolute atomic E-state index is 12.7. The van der Waals surface area contributed by atoms with Crippen LogP contribution in [0.15, 0.2) is 6.07 Å². The maximum atomic E-state index is 12.7. The molecule has 0 fully saturated rings. The molecule has 1 heterocycles. The molecule has 0 unspecified atom stereocenters. The van der Waals surface area contributed by atoms with Crippen molar-refractivity contribution in [2.75, 3.05) is 21.3 Å². The van der Waals surface area contributed by atoms with E-state index in [9.17, 15) is 14.4 Å². The van der Waals surface area contributed by atoms with Crippen molar-refractivity contribution in [1.82, 2.24) is 4.98 Å². The summed E-state index contributed by atoms with van der Waals surface area (Å²) in [7, 11) is 3.63. The lowest BCUT2D eigenvalue weighted by atomic mass is 9.61. The van der Waals surface area contributed by atoms with Gasteiger partial charge in [-0.05, 0) is 31.4 Å². The van der Waals surface area contributed by atoms with Gasteiger partial charge in [0.1, 0.15) is 10.6 Å². The van der Waals surface area contributed by atoms with Crippen molar-refractivity contribution < 1.29 is 28.6 Å². The van der Waals surface area contributed by atoms with E-state index in [1.54, 1.807) is 13.0 Å². The Bertz CT molecular complexity index is 734. The molecule has 1 aromatic heterocycles. The van der Waals surface area contributed by atoms with Crippen molar-refractivity contribution in [1.29, 1.82) is 0 Å². The van der Waals surface area contributed by atoms with Crippen LogP contribution in [0.3, 0.4) is 0 Å². The number of pyridine rings is 1. The Morgan fingerprint density at radius 3 is 2.28 bits per heavy atom. The third-order valence-corrected chi connectivity index (χ3v) is 5.14. The van der Waals surface area contributed by atoms with Crippen LogP contribution in [0, 0.1) is 18.8 Å². The van der Waals surface area contributed by atoms with Gasteiger partial charge in [0.25, 0.3) is 0 Å². The number of halogens is 1. The quantitative estimate of drug-likeness (QED) is 0.454. The second-order valence-electron chi connectivity index (χ2n) is 6.13. The Balaban J connectivity index is 2.80. The molecule has 0 amide bonds. The van der Waals surface area contributed by atoms with E-state index < -0.39 is 35.2 Å². The molecule has 0 saturated heterocycles. The average molecular weight is 370 g/mol. The predicted octanol–water partition coefficient (Wildman–Crippen LogP) is 1.61. The van der Waals surface area contributed by atoms with E-state index in [0.717, 1.165) is 0 Å². The highest BCUT2D eigenvalue weighted by Crippen LogP contribution is 2.46. The molecule has 0 aromatic carbocycles. The first-order chi connectivity index (χ1) is 11.7. The molecule has 0 saturated carbocycles. The molecule has 8 heteroatoms. The molecule has 0 N–H and O–H groups in total. The number of methoxy groups -OCH3 is 3. The fraction of sp³-hybridized carbons (Fsp3) is 0.529. The molecular formula is C17H20ClNO6. The lowest BCUT2D eigenvalue weighted by Crippen LogP contribution is -2.54. The van der Waals surface area contributed by atoms with Gasteiger partial charge in [0.15, 0.2) is 0 Å². The van der Waals surface area contributed by atoms with Gasteiger partial charge in [0, 0.05) is 0 Å². The number of aryl methyl sites for hydroxylation is 1. The van der Waals surface area contributed by atoms with Crippen LogP contribution in [0.2, 0.25) is 5.15 Å². The Morgan fingerprint density at radius 2 is 1.76 bits per heavy atom. The fourth-order valence-electron chi connectivity index (χ4n) is 3.49. The molecule has 3 atom stereocenters. The molecule has 0 radical (unpaired) electrons. The van der Waals surface area contributed by atoms with Crippen LogP contribution >= 0.6 is 11.6 Å². The first kappa shape index (κ1) is 19.2. The number of hydrogen-bond acceptors (Lipinski definition) is 7. The molecule has 136 valence electrons. The average Bonchev–Trinajstić information content (AvgIpc) is 2.61. The van der Waals surface area contributed by atoms with Crippen LogP contribution in [0.4, 0.5) is 0 Å². The van der Waals surface area contributed by atoms with E-state index in [1.165, 1.54) is 28.3 Å². The van der Waals surface area contributed by atoms with Crippen molar-refractivity contribution in [3.05, 3.63) is 28.0 Å². The van der Waals surface area contributed by atoms with E-state index in [1.807, 2.05) is 0 Å². The second kappa shape index (κ2) is 7.00. The Morgan fingerprint density at radius 1 is 1.16 bits per heavy atom. The summed E-state index contributed by atoms with van der Waals surface area (Å²) >= 11 is 6.14. The normalized spacial score (nSPS) is 24.9. The summed E-state index contributed by atoms with van der Waals surface area (Å²) < 4.78 is 14.6. The molecule has 0 bridgehead atoms. The van der Waals surface area contributed by atoms with Crippen molar-refractivity contribution >= 4 is 29.5 Å². The van der Waals surface area contributed by atoms with Crippen molar-refractivity contribution in [2.24, 2.45) is 11.8 Å². The van der Waals surface area contributed by atoms with Gasteiger partial charge in [-0.25, -0.2) is 4.98 Å². The van der Waals surface area contributed by atoms with Crippen LogP contribution in [0.5, 0.6) is 0 Å². The molecule has 1 aliphatic rings. The van der Waals surface area contributed by atoms with Gasteiger partial charge in [0.2, 0.25) is 0 Å². The SMILES string of the molecule is COC(=O)[C@@H]1[C@H](C(=O)OC)Cc2cc(C)c(Cl)nc2[C@@]1(C)C(=O)OC. The van der Waals surface area contributed by atoms with E-state index >= 15 is 0 Å². The highest BCUT2D eigenvalue weighted by atomic mass is 35.5. The third-order valence-electron chi connectivity index (χ3n) is 4.75. The topological polar surface area (TPSA) is 91.8 Å². The summed E-state index contributed by atoms with van der Waals surface area (Å²) in [5, 5.41) is 0.217. The van der Waals surface area contributed by atoms with Crippen LogP contribution in [0.25, 0.3) is 0 Å². The summed E-state index contributed by atoms with van der Waals surface area (Å²) in [4.78, 5) is 41.8. The first-order valence-corrected chi connectivity index (χ1v) is 8.00. The number of hydrogen-bond donors (Lipinski definition) is 0. The molecular weight excluding hydrogens is 350 g/mol. The van der Waals surface area contributed by atoms with Crippen molar-refractivity contribution in [3.8, 4) is 0 Å². The van der Waals surface area contributed by atoms with E-state index in [-0.39, 0.29) is 11.6 Å². The number of ether oxygens (including phenoxy) is 3. The fourth-order valence-corrected chi connectivity index (χ4v) is 3.63.